The number of carbonyl (C=O) groups excluding carboxylic acids is 1. The summed E-state index contributed by atoms with van der Waals surface area (Å²) in [5, 5.41) is 3.25. The minimum absolute atomic E-state index is 0.00761. The monoisotopic (exact) mass is 463 g/mol. The zero-order valence-electron chi connectivity index (χ0n) is 17.2. The number of benzene rings is 2. The number of nitrogens with zero attached hydrogens (tertiary/aromatic N) is 2. The average Bonchev–Trinajstić information content (AvgIpc) is 3.21. The normalized spacial score (nSPS) is 20.6. The van der Waals surface area contributed by atoms with Gasteiger partial charge in [0.05, 0.1) is 28.7 Å². The molecule has 31 heavy (non-hydrogen) atoms. The molecule has 0 spiro atoms. The Morgan fingerprint density at radius 1 is 1.10 bits per heavy atom. The summed E-state index contributed by atoms with van der Waals surface area (Å²) < 4.78 is 32.5. The molecule has 2 aliphatic rings. The molecular formula is C22H26ClN3O4S. The van der Waals surface area contributed by atoms with E-state index in [2.05, 4.69) is 22.3 Å². The van der Waals surface area contributed by atoms with Crippen molar-refractivity contribution >= 4 is 27.5 Å². The standard InChI is InChI=1S/C22H26ClN3O4S/c23-21-7-6-19(31(28,29)26-10-12-30-13-11-26)14-20(21)22(27)24-18-8-9-25(16-18)15-17-4-2-1-3-5-17/h1-7,14,18H,8-13,15-16H2,(H,24,27)/t18-/m0/s1. The van der Waals surface area contributed by atoms with E-state index in [1.165, 1.54) is 28.1 Å². The molecule has 1 amide bonds. The number of carbonyl (C=O) groups is 1. The summed E-state index contributed by atoms with van der Waals surface area (Å²) in [5.41, 5.74) is 1.41. The molecule has 0 bridgehead atoms. The van der Waals surface area contributed by atoms with Crippen LogP contribution in [0.15, 0.2) is 53.4 Å². The maximum absolute atomic E-state index is 12.9. The minimum atomic E-state index is -3.70. The molecule has 2 aliphatic heterocycles. The highest BCUT2D eigenvalue weighted by Gasteiger charge is 2.29. The molecule has 166 valence electrons. The second-order valence-electron chi connectivity index (χ2n) is 7.84. The lowest BCUT2D eigenvalue weighted by atomic mass is 10.2. The zero-order chi connectivity index (χ0) is 21.8. The first-order valence-electron chi connectivity index (χ1n) is 10.4. The smallest absolute Gasteiger partial charge is 0.253 e. The van der Waals surface area contributed by atoms with E-state index in [1.54, 1.807) is 0 Å². The van der Waals surface area contributed by atoms with Gasteiger partial charge in [-0.2, -0.15) is 4.31 Å². The SMILES string of the molecule is O=C(N[C@H]1CCN(Cc2ccccc2)C1)c1cc(S(=O)(=O)N2CCOCC2)ccc1Cl. The third-order valence-corrected chi connectivity index (χ3v) is 7.87. The Bertz CT molecular complexity index is 1030. The molecule has 2 aromatic rings. The number of ether oxygens (including phenoxy) is 1. The van der Waals surface area contributed by atoms with E-state index in [0.29, 0.717) is 26.3 Å². The molecule has 9 heteroatoms. The molecule has 0 aromatic heterocycles. The summed E-state index contributed by atoms with van der Waals surface area (Å²) in [6.45, 7) is 3.78. The van der Waals surface area contributed by atoms with Gasteiger partial charge in [0.2, 0.25) is 10.0 Å². The van der Waals surface area contributed by atoms with E-state index >= 15 is 0 Å². The van der Waals surface area contributed by atoms with Crippen molar-refractivity contribution in [3.8, 4) is 0 Å². The molecule has 1 N–H and O–H groups in total. The lowest BCUT2D eigenvalue weighted by Gasteiger charge is -2.26. The van der Waals surface area contributed by atoms with E-state index in [0.717, 1.165) is 26.1 Å². The Hall–Kier alpha value is -1.97. The average molecular weight is 464 g/mol. The number of halogens is 1. The Morgan fingerprint density at radius 2 is 1.84 bits per heavy atom. The van der Waals surface area contributed by atoms with Crippen LogP contribution in [0.4, 0.5) is 0 Å². The third kappa shape index (κ3) is 5.27. The highest BCUT2D eigenvalue weighted by molar-refractivity contribution is 7.89. The van der Waals surface area contributed by atoms with Crippen molar-refractivity contribution in [2.45, 2.75) is 23.9 Å². The number of nitrogens with one attached hydrogen (secondary N) is 1. The number of rotatable bonds is 6. The predicted molar refractivity (Wildman–Crippen MR) is 119 cm³/mol. The van der Waals surface area contributed by atoms with Crippen LogP contribution in [0.3, 0.4) is 0 Å². The Morgan fingerprint density at radius 3 is 2.58 bits per heavy atom. The van der Waals surface area contributed by atoms with Crippen LogP contribution in [-0.4, -0.2) is 69.0 Å². The van der Waals surface area contributed by atoms with Gasteiger partial charge in [0, 0.05) is 38.8 Å². The van der Waals surface area contributed by atoms with Crippen molar-refractivity contribution in [2.24, 2.45) is 0 Å². The van der Waals surface area contributed by atoms with E-state index in [-0.39, 0.29) is 27.4 Å². The first kappa shape index (κ1) is 22.2. The summed E-state index contributed by atoms with van der Waals surface area (Å²) in [4.78, 5) is 15.3. The number of hydrogen-bond donors (Lipinski definition) is 1. The topological polar surface area (TPSA) is 79.0 Å². The molecule has 2 fully saturated rings. The van der Waals surface area contributed by atoms with Gasteiger partial charge in [-0.1, -0.05) is 41.9 Å². The Labute approximate surface area is 188 Å². The number of morpholine rings is 1. The number of sulfonamides is 1. The molecule has 7 nitrogen and oxygen atoms in total. The first-order valence-corrected chi connectivity index (χ1v) is 12.2. The summed E-state index contributed by atoms with van der Waals surface area (Å²) in [5.74, 6) is -0.351. The Kier molecular flexibility index (Phi) is 6.93. The fourth-order valence-corrected chi connectivity index (χ4v) is 5.61. The number of hydrogen-bond acceptors (Lipinski definition) is 5. The molecule has 2 heterocycles. The van der Waals surface area contributed by atoms with Crippen molar-refractivity contribution < 1.29 is 17.9 Å². The zero-order valence-corrected chi connectivity index (χ0v) is 18.7. The molecule has 2 saturated heterocycles. The van der Waals surface area contributed by atoms with Gasteiger partial charge in [0.15, 0.2) is 0 Å². The highest BCUT2D eigenvalue weighted by atomic mass is 35.5. The Balaban J connectivity index is 1.42. The fraction of sp³-hybridized carbons (Fsp3) is 0.409. The van der Waals surface area contributed by atoms with E-state index in [1.807, 2.05) is 18.2 Å². The van der Waals surface area contributed by atoms with Gasteiger partial charge >= 0.3 is 0 Å². The van der Waals surface area contributed by atoms with Crippen molar-refractivity contribution in [3.63, 3.8) is 0 Å². The maximum Gasteiger partial charge on any atom is 0.253 e. The van der Waals surface area contributed by atoms with Gasteiger partial charge in [-0.15, -0.1) is 0 Å². The minimum Gasteiger partial charge on any atom is -0.379 e. The molecule has 0 unspecified atom stereocenters. The van der Waals surface area contributed by atoms with Gasteiger partial charge < -0.3 is 10.1 Å². The van der Waals surface area contributed by atoms with Crippen LogP contribution >= 0.6 is 11.6 Å². The fourth-order valence-electron chi connectivity index (χ4n) is 3.97. The first-order chi connectivity index (χ1) is 14.9. The molecule has 2 aromatic carbocycles. The number of likely N-dealkylation sites (tertiary alicyclic amines) is 1. The third-order valence-electron chi connectivity index (χ3n) is 5.65. The van der Waals surface area contributed by atoms with Crippen LogP contribution in [0, 0.1) is 0 Å². The molecule has 4 rings (SSSR count). The summed E-state index contributed by atoms with van der Waals surface area (Å²) in [7, 11) is -3.70. The lowest BCUT2D eigenvalue weighted by molar-refractivity contribution is 0.0730. The quantitative estimate of drug-likeness (QED) is 0.711. The van der Waals surface area contributed by atoms with Crippen molar-refractivity contribution in [1.29, 1.82) is 0 Å². The molecule has 0 aliphatic carbocycles. The van der Waals surface area contributed by atoms with Crippen LogP contribution in [0.1, 0.15) is 22.3 Å². The second kappa shape index (κ2) is 9.67. The van der Waals surface area contributed by atoms with Gasteiger partial charge in [-0.3, -0.25) is 9.69 Å². The predicted octanol–water partition coefficient (Wildman–Crippen LogP) is 2.37. The van der Waals surface area contributed by atoms with Gasteiger partial charge in [0.1, 0.15) is 0 Å². The van der Waals surface area contributed by atoms with Crippen LogP contribution in [-0.2, 0) is 21.3 Å². The van der Waals surface area contributed by atoms with Gasteiger partial charge in [-0.05, 0) is 30.2 Å². The summed E-state index contributed by atoms with van der Waals surface area (Å²) in [6, 6.07) is 14.5. The van der Waals surface area contributed by atoms with Crippen LogP contribution in [0.5, 0.6) is 0 Å². The molecular weight excluding hydrogens is 438 g/mol. The van der Waals surface area contributed by atoms with Gasteiger partial charge in [0.25, 0.3) is 5.91 Å². The van der Waals surface area contributed by atoms with Crippen LogP contribution in [0.25, 0.3) is 0 Å². The lowest BCUT2D eigenvalue weighted by Crippen LogP contribution is -2.40. The molecule has 0 radical (unpaired) electrons. The van der Waals surface area contributed by atoms with Crippen molar-refractivity contribution in [1.82, 2.24) is 14.5 Å². The van der Waals surface area contributed by atoms with Crippen LogP contribution in [0.2, 0.25) is 5.02 Å². The number of amides is 1. The van der Waals surface area contributed by atoms with Gasteiger partial charge in [-0.25, -0.2) is 8.42 Å². The maximum atomic E-state index is 12.9. The second-order valence-corrected chi connectivity index (χ2v) is 10.2. The molecule has 0 saturated carbocycles. The molecule has 1 atom stereocenters. The van der Waals surface area contributed by atoms with Crippen LogP contribution < -0.4 is 5.32 Å². The van der Waals surface area contributed by atoms with E-state index < -0.39 is 10.0 Å². The van der Waals surface area contributed by atoms with E-state index in [9.17, 15) is 13.2 Å². The highest BCUT2D eigenvalue weighted by Crippen LogP contribution is 2.24. The van der Waals surface area contributed by atoms with Crippen molar-refractivity contribution in [2.75, 3.05) is 39.4 Å². The summed E-state index contributed by atoms with van der Waals surface area (Å²) in [6.07, 6.45) is 0.835. The van der Waals surface area contributed by atoms with Crippen molar-refractivity contribution in [3.05, 3.63) is 64.7 Å². The summed E-state index contributed by atoms with van der Waals surface area (Å²) >= 11 is 6.25. The largest absolute Gasteiger partial charge is 0.379 e. The van der Waals surface area contributed by atoms with E-state index in [4.69, 9.17) is 16.3 Å².